The van der Waals surface area contributed by atoms with Gasteiger partial charge in [0.05, 0.1) is 28.7 Å². The smallest absolute Gasteiger partial charge is 0.601 e. The molecule has 12 heteroatoms. The van der Waals surface area contributed by atoms with Crippen molar-refractivity contribution in [3.05, 3.63) is 87.3 Å². The average Bonchev–Trinajstić information content (AvgIpc) is 3.32. The standard InChI is InChI=1S/C24H20BF2N3O5S/c26-25(27)34-20(16-21(35-25)17-6-8-19(9-7-17)30(31)32)10-11-22-23(18-4-2-1-3-5-18)28-24(36-22)29-12-14-33-15-13-29/h1-11,20H,12-15H2. The number of morpholine rings is 1. The summed E-state index contributed by atoms with van der Waals surface area (Å²) >= 11 is 1.46. The minimum atomic E-state index is -4.61. The molecule has 2 aliphatic heterocycles. The van der Waals surface area contributed by atoms with Crippen LogP contribution in [0.15, 0.2) is 60.7 Å². The molecule has 3 heterocycles. The molecule has 5 rings (SSSR count). The van der Waals surface area contributed by atoms with Crippen molar-refractivity contribution in [3.63, 3.8) is 0 Å². The van der Waals surface area contributed by atoms with Gasteiger partial charge >= 0.3 is 12.9 Å². The molecule has 3 aromatic rings. The Morgan fingerprint density at radius 1 is 1.11 bits per heavy atom. The van der Waals surface area contributed by atoms with E-state index in [9.17, 15) is 18.7 Å². The second kappa shape index (κ2) is 10.1. The van der Waals surface area contributed by atoms with E-state index in [0.717, 1.165) is 34.4 Å². The van der Waals surface area contributed by atoms with Gasteiger partial charge in [0.2, 0.25) is 0 Å². The zero-order valence-electron chi connectivity index (χ0n) is 18.9. The van der Waals surface area contributed by atoms with E-state index in [2.05, 4.69) is 11.0 Å². The van der Waals surface area contributed by atoms with Gasteiger partial charge in [-0.15, -0.1) is 0 Å². The number of hydrogen-bond acceptors (Lipinski definition) is 8. The van der Waals surface area contributed by atoms with Gasteiger partial charge in [-0.2, -0.15) is 0 Å². The van der Waals surface area contributed by atoms with Gasteiger partial charge in [0, 0.05) is 42.9 Å². The highest BCUT2D eigenvalue weighted by Gasteiger charge is 2.42. The van der Waals surface area contributed by atoms with E-state index in [4.69, 9.17) is 19.0 Å². The monoisotopic (exact) mass is 511 g/mol. The quantitative estimate of drug-likeness (QED) is 0.195. The van der Waals surface area contributed by atoms with Gasteiger partial charge in [-0.25, -0.2) is 4.98 Å². The Bertz CT molecular complexity index is 1290. The molecule has 0 amide bonds. The molecule has 36 heavy (non-hydrogen) atoms. The third-order valence-corrected chi connectivity index (χ3v) is 6.65. The third kappa shape index (κ3) is 5.42. The Kier molecular flexibility index (Phi) is 6.75. The highest BCUT2D eigenvalue weighted by molar-refractivity contribution is 7.16. The first kappa shape index (κ1) is 24.0. The number of nitro benzene ring substituents is 1. The molecule has 0 aliphatic carbocycles. The number of nitro groups is 1. The maximum atomic E-state index is 14.3. The summed E-state index contributed by atoms with van der Waals surface area (Å²) in [6.45, 7) is 2.67. The van der Waals surface area contributed by atoms with E-state index in [1.54, 1.807) is 6.08 Å². The average molecular weight is 511 g/mol. The number of aromatic nitrogens is 1. The van der Waals surface area contributed by atoms with E-state index in [1.807, 2.05) is 30.3 Å². The summed E-state index contributed by atoms with van der Waals surface area (Å²) in [5.74, 6) is -0.225. The molecule has 2 aromatic carbocycles. The molecular weight excluding hydrogens is 491 g/mol. The van der Waals surface area contributed by atoms with Crippen molar-refractivity contribution in [2.24, 2.45) is 0 Å². The molecular formula is C24H20BF2N3O5S. The molecule has 2 aliphatic rings. The lowest BCUT2D eigenvalue weighted by molar-refractivity contribution is -0.384. The fraction of sp³-hybridized carbons (Fsp3) is 0.208. The summed E-state index contributed by atoms with van der Waals surface area (Å²) in [6, 6.07) is 14.7. The summed E-state index contributed by atoms with van der Waals surface area (Å²) in [7, 11) is -4.61. The van der Waals surface area contributed by atoms with E-state index >= 15 is 0 Å². The molecule has 1 atom stereocenters. The molecule has 1 fully saturated rings. The molecule has 8 nitrogen and oxygen atoms in total. The van der Waals surface area contributed by atoms with E-state index < -0.39 is 18.1 Å². The zero-order valence-corrected chi connectivity index (χ0v) is 19.7. The SMILES string of the molecule is O=[N+]([O-])c1ccc(C2=[C+]C(C=Cc3sc(N4CCOCC4)nc3-c3ccccc3)O[B-](F)(F)O2)cc1. The van der Waals surface area contributed by atoms with Gasteiger partial charge in [-0.3, -0.25) is 10.1 Å². The van der Waals surface area contributed by atoms with Gasteiger partial charge in [0.1, 0.15) is 6.08 Å². The number of hydrogen-bond donors (Lipinski definition) is 0. The number of thiazole rings is 1. The van der Waals surface area contributed by atoms with Crippen LogP contribution >= 0.6 is 11.3 Å². The van der Waals surface area contributed by atoms with Crippen LogP contribution in [0, 0.1) is 16.2 Å². The molecule has 0 spiro atoms. The van der Waals surface area contributed by atoms with E-state index in [-0.39, 0.29) is 17.0 Å². The fourth-order valence-electron chi connectivity index (χ4n) is 3.81. The van der Waals surface area contributed by atoms with Crippen LogP contribution in [-0.2, 0) is 14.0 Å². The maximum Gasteiger partial charge on any atom is 0.668 e. The first-order valence-corrected chi connectivity index (χ1v) is 12.0. The van der Waals surface area contributed by atoms with Gasteiger partial charge in [-0.1, -0.05) is 41.7 Å². The summed E-state index contributed by atoms with van der Waals surface area (Å²) in [4.78, 5) is 18.1. The Labute approximate surface area is 209 Å². The number of anilines is 1. The van der Waals surface area contributed by atoms with Crippen LogP contribution in [0.4, 0.5) is 19.5 Å². The molecule has 1 saturated heterocycles. The largest absolute Gasteiger partial charge is 0.668 e. The Balaban J connectivity index is 1.45. The number of nitrogens with zero attached hydrogens (tertiary/aromatic N) is 3. The number of non-ortho nitro benzene ring substituents is 1. The van der Waals surface area contributed by atoms with Crippen LogP contribution < -0.4 is 4.90 Å². The van der Waals surface area contributed by atoms with Gasteiger partial charge in [-0.05, 0) is 12.2 Å². The van der Waals surface area contributed by atoms with Crippen molar-refractivity contribution >= 4 is 41.1 Å². The first-order chi connectivity index (χ1) is 17.4. The molecule has 0 saturated carbocycles. The summed E-state index contributed by atoms with van der Waals surface area (Å²) in [6.07, 6.45) is 4.76. The number of benzene rings is 2. The molecule has 1 aromatic heterocycles. The lowest BCUT2D eigenvalue weighted by Gasteiger charge is -2.30. The molecule has 0 N–H and O–H groups in total. The second-order valence-corrected chi connectivity index (χ2v) is 9.03. The van der Waals surface area contributed by atoms with E-state index in [1.165, 1.54) is 41.7 Å². The number of rotatable bonds is 6. The Hall–Kier alpha value is -3.70. The highest BCUT2D eigenvalue weighted by Crippen LogP contribution is 2.36. The maximum absolute atomic E-state index is 14.3. The molecule has 0 radical (unpaired) electrons. The van der Waals surface area contributed by atoms with Gasteiger partial charge in [0.15, 0.2) is 16.8 Å². The molecule has 0 bridgehead atoms. The first-order valence-electron chi connectivity index (χ1n) is 11.2. The van der Waals surface area contributed by atoms with E-state index in [0.29, 0.717) is 13.2 Å². The van der Waals surface area contributed by atoms with Crippen molar-refractivity contribution in [2.75, 3.05) is 31.2 Å². The normalized spacial score (nSPS) is 19.4. The van der Waals surface area contributed by atoms with Gasteiger partial charge < -0.3 is 27.6 Å². The summed E-state index contributed by atoms with van der Waals surface area (Å²) in [5.41, 5.74) is 1.72. The van der Waals surface area contributed by atoms with Crippen molar-refractivity contribution in [3.8, 4) is 11.3 Å². The zero-order chi connectivity index (χ0) is 25.1. The van der Waals surface area contributed by atoms with Crippen LogP contribution in [0.5, 0.6) is 0 Å². The Morgan fingerprint density at radius 2 is 1.83 bits per heavy atom. The van der Waals surface area contributed by atoms with Crippen molar-refractivity contribution in [1.29, 1.82) is 0 Å². The molecule has 184 valence electrons. The summed E-state index contributed by atoms with van der Waals surface area (Å²) in [5, 5.41) is 11.7. The van der Waals surface area contributed by atoms with Crippen LogP contribution in [0.3, 0.4) is 0 Å². The van der Waals surface area contributed by atoms with Crippen LogP contribution in [0.1, 0.15) is 10.4 Å². The number of ether oxygens (including phenoxy) is 1. The van der Waals surface area contributed by atoms with Crippen molar-refractivity contribution < 1.29 is 27.6 Å². The second-order valence-electron chi connectivity index (χ2n) is 8.02. The molecule has 1 unspecified atom stereocenters. The lowest BCUT2D eigenvalue weighted by atomic mass is 10.0. The Morgan fingerprint density at radius 3 is 2.53 bits per heavy atom. The van der Waals surface area contributed by atoms with Crippen LogP contribution in [-0.4, -0.2) is 49.4 Å². The van der Waals surface area contributed by atoms with Crippen LogP contribution in [0.25, 0.3) is 23.1 Å². The highest BCUT2D eigenvalue weighted by atomic mass is 32.1. The lowest BCUT2D eigenvalue weighted by Crippen LogP contribution is -2.39. The van der Waals surface area contributed by atoms with Crippen LogP contribution in [0.2, 0.25) is 0 Å². The van der Waals surface area contributed by atoms with Gasteiger partial charge in [0.25, 0.3) is 5.69 Å². The van der Waals surface area contributed by atoms with Crippen molar-refractivity contribution in [1.82, 2.24) is 4.98 Å². The minimum absolute atomic E-state index is 0.158. The third-order valence-electron chi connectivity index (χ3n) is 5.57. The predicted molar refractivity (Wildman–Crippen MR) is 133 cm³/mol. The topological polar surface area (TPSA) is 87.0 Å². The summed E-state index contributed by atoms with van der Waals surface area (Å²) < 4.78 is 43.6. The predicted octanol–water partition coefficient (Wildman–Crippen LogP) is 5.20. The van der Waals surface area contributed by atoms with Crippen molar-refractivity contribution in [2.45, 2.75) is 6.10 Å². The fourth-order valence-corrected chi connectivity index (χ4v) is 4.87. The minimum Gasteiger partial charge on any atom is -0.601 e. The number of halogens is 2.